The first kappa shape index (κ1) is 18.5. The molecule has 0 aromatic heterocycles. The van der Waals surface area contributed by atoms with Gasteiger partial charge in [0.1, 0.15) is 17.3 Å². The molecule has 4 rings (SSSR count). The first-order valence-electron chi connectivity index (χ1n) is 9.13. The van der Waals surface area contributed by atoms with Gasteiger partial charge in [-0.05, 0) is 38.1 Å². The van der Waals surface area contributed by atoms with E-state index in [4.69, 9.17) is 16.3 Å². The number of carbonyl (C=O) groups is 2. The van der Waals surface area contributed by atoms with E-state index >= 15 is 0 Å². The molecule has 1 aliphatic heterocycles. The molecule has 0 N–H and O–H groups in total. The second kappa shape index (κ2) is 7.25. The van der Waals surface area contributed by atoms with Gasteiger partial charge in [-0.25, -0.2) is 0 Å². The quantitative estimate of drug-likeness (QED) is 0.407. The van der Waals surface area contributed by atoms with E-state index < -0.39 is 11.8 Å². The molecule has 3 nitrogen and oxygen atoms in total. The molecule has 2 atom stereocenters. The van der Waals surface area contributed by atoms with Crippen LogP contribution in [0.3, 0.4) is 0 Å². The van der Waals surface area contributed by atoms with Gasteiger partial charge >= 0.3 is 0 Å². The molecular weight excluding hydrogens is 372 g/mol. The minimum Gasteiger partial charge on any atom is -0.457 e. The number of benzene rings is 3. The minimum atomic E-state index is -0.857. The Balaban J connectivity index is 1.89. The van der Waals surface area contributed by atoms with Crippen molar-refractivity contribution >= 4 is 23.2 Å². The van der Waals surface area contributed by atoms with Gasteiger partial charge in [0, 0.05) is 27.6 Å². The predicted octanol–water partition coefficient (Wildman–Crippen LogP) is 5.97. The number of ether oxygens (including phenoxy) is 1. The highest BCUT2D eigenvalue weighted by Crippen LogP contribution is 2.49. The van der Waals surface area contributed by atoms with Crippen molar-refractivity contribution in [2.45, 2.75) is 19.8 Å². The summed E-state index contributed by atoms with van der Waals surface area (Å²) in [6.45, 7) is 3.43. The summed E-state index contributed by atoms with van der Waals surface area (Å²) in [6, 6.07) is 20.2. The molecule has 0 fully saturated rings. The van der Waals surface area contributed by atoms with Crippen LogP contribution in [0.1, 0.15) is 39.9 Å². The van der Waals surface area contributed by atoms with Crippen LogP contribution in [0, 0.1) is 12.8 Å². The SMILES string of the molecule is CC(=O)C(C(=O)c1ccc(C)cc1)C1c2ccccc2Oc2ccc(Cl)cc21. The Morgan fingerprint density at radius 1 is 0.929 bits per heavy atom. The van der Waals surface area contributed by atoms with Crippen molar-refractivity contribution in [3.63, 3.8) is 0 Å². The van der Waals surface area contributed by atoms with Crippen LogP contribution >= 0.6 is 11.6 Å². The van der Waals surface area contributed by atoms with Gasteiger partial charge in [-0.2, -0.15) is 0 Å². The van der Waals surface area contributed by atoms with Gasteiger partial charge in [0.2, 0.25) is 0 Å². The van der Waals surface area contributed by atoms with Crippen molar-refractivity contribution < 1.29 is 14.3 Å². The zero-order chi connectivity index (χ0) is 19.8. The smallest absolute Gasteiger partial charge is 0.174 e. The molecule has 140 valence electrons. The molecule has 2 unspecified atom stereocenters. The summed E-state index contributed by atoms with van der Waals surface area (Å²) >= 11 is 6.24. The van der Waals surface area contributed by atoms with E-state index in [2.05, 4.69) is 0 Å². The topological polar surface area (TPSA) is 43.4 Å². The Kier molecular flexibility index (Phi) is 4.78. The number of aryl methyl sites for hydroxylation is 1. The number of carbonyl (C=O) groups excluding carboxylic acids is 2. The van der Waals surface area contributed by atoms with Crippen LogP contribution in [0.15, 0.2) is 66.7 Å². The summed E-state index contributed by atoms with van der Waals surface area (Å²) < 4.78 is 6.01. The van der Waals surface area contributed by atoms with Crippen LogP contribution in [-0.2, 0) is 4.79 Å². The lowest BCUT2D eigenvalue weighted by Gasteiger charge is -2.32. The molecule has 4 heteroatoms. The second-order valence-corrected chi connectivity index (χ2v) is 7.55. The van der Waals surface area contributed by atoms with E-state index in [0.29, 0.717) is 22.1 Å². The van der Waals surface area contributed by atoms with Gasteiger partial charge in [-0.1, -0.05) is 59.6 Å². The van der Waals surface area contributed by atoms with Crippen LogP contribution in [0.4, 0.5) is 0 Å². The van der Waals surface area contributed by atoms with Crippen LogP contribution in [0.2, 0.25) is 5.02 Å². The lowest BCUT2D eigenvalue weighted by molar-refractivity contribution is -0.119. The summed E-state index contributed by atoms with van der Waals surface area (Å²) in [5.41, 5.74) is 3.16. The van der Waals surface area contributed by atoms with Crippen molar-refractivity contribution in [1.29, 1.82) is 0 Å². The van der Waals surface area contributed by atoms with E-state index in [9.17, 15) is 9.59 Å². The Hall–Kier alpha value is -2.91. The third kappa shape index (κ3) is 3.23. The lowest BCUT2D eigenvalue weighted by atomic mass is 9.74. The fourth-order valence-corrected chi connectivity index (χ4v) is 3.98. The first-order valence-corrected chi connectivity index (χ1v) is 9.51. The monoisotopic (exact) mass is 390 g/mol. The molecule has 0 saturated heterocycles. The standard InChI is InChI=1S/C24H19ClO3/c1-14-7-9-16(10-8-14)24(27)22(15(2)26)23-18-5-3-4-6-20(18)28-21-12-11-17(25)13-19(21)23/h3-13,22-23H,1-2H3. The summed E-state index contributed by atoms with van der Waals surface area (Å²) in [7, 11) is 0. The van der Waals surface area contributed by atoms with E-state index in [0.717, 1.165) is 16.7 Å². The maximum Gasteiger partial charge on any atom is 0.174 e. The Morgan fingerprint density at radius 3 is 2.32 bits per heavy atom. The zero-order valence-corrected chi connectivity index (χ0v) is 16.4. The van der Waals surface area contributed by atoms with E-state index in [1.54, 1.807) is 30.3 Å². The third-order valence-electron chi connectivity index (χ3n) is 5.17. The number of hydrogen-bond donors (Lipinski definition) is 0. The highest BCUT2D eigenvalue weighted by Gasteiger charge is 2.40. The molecule has 0 amide bonds. The Bertz CT molecular complexity index is 1070. The molecule has 1 aliphatic rings. The summed E-state index contributed by atoms with van der Waals surface area (Å²) in [4.78, 5) is 26.1. The van der Waals surface area contributed by atoms with Crippen molar-refractivity contribution in [1.82, 2.24) is 0 Å². The molecule has 0 aliphatic carbocycles. The molecule has 0 saturated carbocycles. The van der Waals surface area contributed by atoms with Crippen LogP contribution in [0.25, 0.3) is 0 Å². The highest BCUT2D eigenvalue weighted by molar-refractivity contribution is 6.30. The number of halogens is 1. The predicted molar refractivity (Wildman–Crippen MR) is 109 cm³/mol. The average Bonchev–Trinajstić information content (AvgIpc) is 2.68. The molecule has 3 aromatic carbocycles. The fourth-order valence-electron chi connectivity index (χ4n) is 3.80. The van der Waals surface area contributed by atoms with Crippen LogP contribution < -0.4 is 4.74 Å². The average molecular weight is 391 g/mol. The van der Waals surface area contributed by atoms with Crippen molar-refractivity contribution in [3.05, 3.63) is 94.0 Å². The van der Waals surface area contributed by atoms with Crippen LogP contribution in [-0.4, -0.2) is 11.6 Å². The summed E-state index contributed by atoms with van der Waals surface area (Å²) in [5.74, 6) is -0.408. The lowest BCUT2D eigenvalue weighted by Crippen LogP contribution is -2.31. The number of Topliss-reactive ketones (excluding diaryl/α,β-unsaturated/α-hetero) is 2. The number of fused-ring (bicyclic) bond motifs is 2. The Labute approximate surface area is 168 Å². The van der Waals surface area contributed by atoms with Crippen molar-refractivity contribution in [2.24, 2.45) is 5.92 Å². The van der Waals surface area contributed by atoms with Gasteiger partial charge in [0.25, 0.3) is 0 Å². The van der Waals surface area contributed by atoms with Crippen molar-refractivity contribution in [2.75, 3.05) is 0 Å². The summed E-state index contributed by atoms with van der Waals surface area (Å²) in [6.07, 6.45) is 0. The molecule has 28 heavy (non-hydrogen) atoms. The first-order chi connectivity index (χ1) is 13.5. The number of ketones is 2. The molecule has 0 bridgehead atoms. The number of rotatable bonds is 4. The second-order valence-electron chi connectivity index (χ2n) is 7.12. The normalized spacial score (nSPS) is 15.8. The molecule has 3 aromatic rings. The molecule has 0 radical (unpaired) electrons. The van der Waals surface area contributed by atoms with E-state index in [1.807, 2.05) is 43.3 Å². The summed E-state index contributed by atoms with van der Waals surface area (Å²) in [5, 5.41) is 0.539. The fraction of sp³-hybridized carbons (Fsp3) is 0.167. The maximum atomic E-state index is 13.4. The van der Waals surface area contributed by atoms with Gasteiger partial charge < -0.3 is 4.74 Å². The van der Waals surface area contributed by atoms with Gasteiger partial charge in [-0.15, -0.1) is 0 Å². The molecule has 0 spiro atoms. The van der Waals surface area contributed by atoms with Crippen molar-refractivity contribution in [3.8, 4) is 11.5 Å². The Morgan fingerprint density at radius 2 is 1.61 bits per heavy atom. The maximum absolute atomic E-state index is 13.4. The number of hydrogen-bond acceptors (Lipinski definition) is 3. The third-order valence-corrected chi connectivity index (χ3v) is 5.41. The largest absolute Gasteiger partial charge is 0.457 e. The van der Waals surface area contributed by atoms with E-state index in [1.165, 1.54) is 6.92 Å². The minimum absolute atomic E-state index is 0.182. The van der Waals surface area contributed by atoms with E-state index in [-0.39, 0.29) is 11.6 Å². The van der Waals surface area contributed by atoms with Gasteiger partial charge in [0.05, 0.1) is 5.92 Å². The highest BCUT2D eigenvalue weighted by atomic mass is 35.5. The zero-order valence-electron chi connectivity index (χ0n) is 15.6. The molecule has 1 heterocycles. The molecular formula is C24H19ClO3. The van der Waals surface area contributed by atoms with Gasteiger partial charge in [-0.3, -0.25) is 9.59 Å². The van der Waals surface area contributed by atoms with Crippen LogP contribution in [0.5, 0.6) is 11.5 Å². The number of para-hydroxylation sites is 1. The van der Waals surface area contributed by atoms with Gasteiger partial charge in [0.15, 0.2) is 5.78 Å².